The molecule has 0 bridgehead atoms. The van der Waals surface area contributed by atoms with Crippen LogP contribution in [-0.2, 0) is 9.53 Å². The summed E-state index contributed by atoms with van der Waals surface area (Å²) in [6.07, 6.45) is 0. The monoisotopic (exact) mass is 413 g/mol. The van der Waals surface area contributed by atoms with Crippen LogP contribution in [0, 0.1) is 0 Å². The number of ketones is 1. The first-order valence-electron chi connectivity index (χ1n) is 9.71. The summed E-state index contributed by atoms with van der Waals surface area (Å²) in [7, 11) is 0. The van der Waals surface area contributed by atoms with Crippen molar-refractivity contribution in [1.29, 1.82) is 0 Å². The lowest BCUT2D eigenvalue weighted by molar-refractivity contribution is -0.141. The van der Waals surface area contributed by atoms with Crippen molar-refractivity contribution >= 4 is 28.6 Å². The molecule has 0 spiro atoms. The van der Waals surface area contributed by atoms with E-state index in [1.165, 1.54) is 0 Å². The van der Waals surface area contributed by atoms with E-state index in [1.807, 2.05) is 54.6 Å². The molecule has 1 heterocycles. The molecular weight excluding hydrogens is 394 g/mol. The predicted molar refractivity (Wildman–Crippen MR) is 116 cm³/mol. The average molecular weight is 413 g/mol. The second-order valence-electron chi connectivity index (χ2n) is 6.86. The summed E-state index contributed by atoms with van der Waals surface area (Å²) >= 11 is 0. The largest absolute Gasteiger partial charge is 0.456 e. The highest BCUT2D eigenvalue weighted by molar-refractivity contribution is 5.99. The molecule has 0 aliphatic carbocycles. The molecule has 0 unspecified atom stereocenters. The van der Waals surface area contributed by atoms with Crippen molar-refractivity contribution in [3.63, 3.8) is 0 Å². The van der Waals surface area contributed by atoms with Crippen molar-refractivity contribution in [2.24, 2.45) is 0 Å². The number of rotatable bonds is 7. The Morgan fingerprint density at radius 3 is 2.23 bits per heavy atom. The van der Waals surface area contributed by atoms with Crippen LogP contribution in [0.3, 0.4) is 0 Å². The molecular formula is C25H19NO5. The van der Waals surface area contributed by atoms with Crippen molar-refractivity contribution in [2.75, 3.05) is 13.2 Å². The number of ether oxygens (including phenoxy) is 1. The Hall–Kier alpha value is -4.19. The molecule has 3 aromatic carbocycles. The SMILES string of the molecule is O=C(CNC(=O)c1ccc(-c2ccccc2)cc1)OCC(=O)c1cc2ccccc2o1. The molecule has 0 atom stereocenters. The molecule has 0 saturated heterocycles. The molecule has 4 rings (SSSR count). The summed E-state index contributed by atoms with van der Waals surface area (Å²) in [5, 5.41) is 3.29. The normalized spacial score (nSPS) is 10.6. The molecule has 4 aromatic rings. The van der Waals surface area contributed by atoms with Crippen molar-refractivity contribution in [3.8, 4) is 11.1 Å². The van der Waals surface area contributed by atoms with E-state index < -0.39 is 24.3 Å². The number of nitrogens with one attached hydrogen (secondary N) is 1. The molecule has 1 amide bonds. The summed E-state index contributed by atoms with van der Waals surface area (Å²) in [5.74, 6) is -1.44. The molecule has 0 saturated carbocycles. The third-order valence-corrected chi connectivity index (χ3v) is 4.71. The minimum Gasteiger partial charge on any atom is -0.456 e. The zero-order chi connectivity index (χ0) is 21.6. The average Bonchev–Trinajstić information content (AvgIpc) is 3.26. The van der Waals surface area contributed by atoms with Crippen LogP contribution in [0.2, 0.25) is 0 Å². The van der Waals surface area contributed by atoms with E-state index in [2.05, 4.69) is 5.32 Å². The van der Waals surface area contributed by atoms with Gasteiger partial charge in [0.1, 0.15) is 12.1 Å². The molecule has 6 nitrogen and oxygen atoms in total. The maximum Gasteiger partial charge on any atom is 0.325 e. The summed E-state index contributed by atoms with van der Waals surface area (Å²) in [6, 6.07) is 25.7. The third-order valence-electron chi connectivity index (χ3n) is 4.71. The van der Waals surface area contributed by atoms with E-state index >= 15 is 0 Å². The lowest BCUT2D eigenvalue weighted by atomic mass is 10.0. The predicted octanol–water partition coefficient (Wildman–Crippen LogP) is 4.26. The molecule has 31 heavy (non-hydrogen) atoms. The Kier molecular flexibility index (Phi) is 5.89. The number of Topliss-reactive ketones (excluding diaryl/α,β-unsaturated/α-hetero) is 1. The molecule has 0 radical (unpaired) electrons. The van der Waals surface area contributed by atoms with Crippen molar-refractivity contribution < 1.29 is 23.5 Å². The Morgan fingerprint density at radius 2 is 1.48 bits per heavy atom. The fourth-order valence-corrected chi connectivity index (χ4v) is 3.09. The fraction of sp³-hybridized carbons (Fsp3) is 0.0800. The minimum atomic E-state index is -0.710. The van der Waals surface area contributed by atoms with Crippen LogP contribution in [0.25, 0.3) is 22.1 Å². The zero-order valence-electron chi connectivity index (χ0n) is 16.5. The number of carbonyl (C=O) groups excluding carboxylic acids is 3. The van der Waals surface area contributed by atoms with Gasteiger partial charge >= 0.3 is 5.97 Å². The highest BCUT2D eigenvalue weighted by Gasteiger charge is 2.15. The van der Waals surface area contributed by atoms with Gasteiger partial charge in [-0.2, -0.15) is 0 Å². The standard InChI is InChI=1S/C25H19NO5/c27-21(23-14-20-8-4-5-9-22(20)31-23)16-30-24(28)15-26-25(29)19-12-10-18(11-13-19)17-6-2-1-3-7-17/h1-14H,15-16H2,(H,26,29). The fourth-order valence-electron chi connectivity index (χ4n) is 3.09. The van der Waals surface area contributed by atoms with Crippen LogP contribution in [0.1, 0.15) is 20.9 Å². The minimum absolute atomic E-state index is 0.122. The smallest absolute Gasteiger partial charge is 0.325 e. The number of para-hydroxylation sites is 1. The summed E-state index contributed by atoms with van der Waals surface area (Å²) in [6.45, 7) is -0.799. The highest BCUT2D eigenvalue weighted by atomic mass is 16.5. The van der Waals surface area contributed by atoms with Crippen molar-refractivity contribution in [2.45, 2.75) is 0 Å². The van der Waals surface area contributed by atoms with E-state index in [0.29, 0.717) is 11.1 Å². The lowest BCUT2D eigenvalue weighted by Gasteiger charge is -2.07. The van der Waals surface area contributed by atoms with E-state index in [-0.39, 0.29) is 12.3 Å². The number of fused-ring (bicyclic) bond motifs is 1. The van der Waals surface area contributed by atoms with Crippen LogP contribution in [0.15, 0.2) is 89.3 Å². The maximum atomic E-state index is 12.3. The first kappa shape index (κ1) is 20.1. The molecule has 0 aliphatic rings. The van der Waals surface area contributed by atoms with Gasteiger partial charge in [0.05, 0.1) is 0 Å². The van der Waals surface area contributed by atoms with Gasteiger partial charge in [0, 0.05) is 10.9 Å². The van der Waals surface area contributed by atoms with Crippen LogP contribution in [0.5, 0.6) is 0 Å². The van der Waals surface area contributed by atoms with Gasteiger partial charge < -0.3 is 14.5 Å². The molecule has 0 aliphatic heterocycles. The van der Waals surface area contributed by atoms with Gasteiger partial charge in [-0.05, 0) is 35.4 Å². The lowest BCUT2D eigenvalue weighted by Crippen LogP contribution is -2.31. The summed E-state index contributed by atoms with van der Waals surface area (Å²) in [4.78, 5) is 36.3. The number of hydrogen-bond acceptors (Lipinski definition) is 5. The summed E-state index contributed by atoms with van der Waals surface area (Å²) in [5.41, 5.74) is 3.04. The van der Waals surface area contributed by atoms with Gasteiger partial charge in [-0.3, -0.25) is 14.4 Å². The number of furan rings is 1. The number of hydrogen-bond donors (Lipinski definition) is 1. The molecule has 154 valence electrons. The van der Waals surface area contributed by atoms with Crippen LogP contribution in [0.4, 0.5) is 0 Å². The molecule has 1 N–H and O–H groups in total. The summed E-state index contributed by atoms with van der Waals surface area (Å²) < 4.78 is 10.4. The second kappa shape index (κ2) is 9.09. The quantitative estimate of drug-likeness (QED) is 0.362. The van der Waals surface area contributed by atoms with Gasteiger partial charge in [0.2, 0.25) is 5.78 Å². The Balaban J connectivity index is 1.26. The third kappa shape index (κ3) is 4.87. The van der Waals surface area contributed by atoms with Gasteiger partial charge in [-0.25, -0.2) is 0 Å². The van der Waals surface area contributed by atoms with Gasteiger partial charge in [0.15, 0.2) is 12.4 Å². The van der Waals surface area contributed by atoms with Crippen LogP contribution in [-0.4, -0.2) is 30.8 Å². The number of carbonyl (C=O) groups is 3. The molecule has 0 fully saturated rings. The van der Waals surface area contributed by atoms with Crippen LogP contribution < -0.4 is 5.32 Å². The maximum absolute atomic E-state index is 12.3. The van der Waals surface area contributed by atoms with Gasteiger partial charge in [-0.1, -0.05) is 60.7 Å². The Labute approximate surface area is 178 Å². The first-order valence-corrected chi connectivity index (χ1v) is 9.71. The van der Waals surface area contributed by atoms with E-state index in [9.17, 15) is 14.4 Å². The van der Waals surface area contributed by atoms with E-state index in [4.69, 9.17) is 9.15 Å². The van der Waals surface area contributed by atoms with E-state index in [1.54, 1.807) is 30.3 Å². The Morgan fingerprint density at radius 1 is 0.806 bits per heavy atom. The number of esters is 1. The van der Waals surface area contributed by atoms with Gasteiger partial charge in [-0.15, -0.1) is 0 Å². The number of benzene rings is 3. The number of amides is 1. The second-order valence-corrected chi connectivity index (χ2v) is 6.86. The highest BCUT2D eigenvalue weighted by Crippen LogP contribution is 2.20. The zero-order valence-corrected chi connectivity index (χ0v) is 16.5. The van der Waals surface area contributed by atoms with Crippen molar-refractivity contribution in [1.82, 2.24) is 5.32 Å². The Bertz CT molecular complexity index is 1190. The first-order chi connectivity index (χ1) is 15.1. The molecule has 6 heteroatoms. The topological polar surface area (TPSA) is 85.6 Å². The van der Waals surface area contributed by atoms with Gasteiger partial charge in [0.25, 0.3) is 5.91 Å². The molecule has 1 aromatic heterocycles. The van der Waals surface area contributed by atoms with Crippen LogP contribution >= 0.6 is 0 Å². The van der Waals surface area contributed by atoms with E-state index in [0.717, 1.165) is 16.5 Å². The van der Waals surface area contributed by atoms with Crippen molar-refractivity contribution in [3.05, 3.63) is 96.3 Å².